The molecule has 0 radical (unpaired) electrons. The zero-order valence-electron chi connectivity index (χ0n) is 12.9. The van der Waals surface area contributed by atoms with Crippen molar-refractivity contribution in [2.75, 3.05) is 6.54 Å². The molecule has 0 aliphatic carbocycles. The van der Waals surface area contributed by atoms with Crippen LogP contribution < -0.4 is 5.32 Å². The molecule has 0 saturated carbocycles. The third kappa shape index (κ3) is 3.42. The minimum Gasteiger partial charge on any atom is -0.352 e. The van der Waals surface area contributed by atoms with Gasteiger partial charge in [0.2, 0.25) is 17.7 Å². The summed E-state index contributed by atoms with van der Waals surface area (Å²) in [5.74, 6) is -0.816. The summed E-state index contributed by atoms with van der Waals surface area (Å²) in [6.45, 7) is 1.75. The fourth-order valence-corrected chi connectivity index (χ4v) is 3.81. The number of fused-ring (bicyclic) bond motifs is 1. The molecule has 1 aliphatic rings. The molecule has 120 valence electrons. The smallest absolute Gasteiger partial charge is 0.240 e. The van der Waals surface area contributed by atoms with E-state index in [0.717, 1.165) is 11.3 Å². The second kappa shape index (κ2) is 6.50. The van der Waals surface area contributed by atoms with E-state index in [2.05, 4.69) is 22.8 Å². The zero-order chi connectivity index (χ0) is 16.4. The molecule has 3 amide bonds. The fourth-order valence-electron chi connectivity index (χ4n) is 2.84. The van der Waals surface area contributed by atoms with Gasteiger partial charge < -0.3 is 5.32 Å². The molecular formula is C17H18N2O3S. The second-order valence-corrected chi connectivity index (χ2v) is 6.71. The van der Waals surface area contributed by atoms with Gasteiger partial charge in [0.1, 0.15) is 6.54 Å². The van der Waals surface area contributed by atoms with Crippen molar-refractivity contribution in [2.24, 2.45) is 0 Å². The maximum Gasteiger partial charge on any atom is 0.240 e. The number of rotatable bonds is 5. The van der Waals surface area contributed by atoms with Gasteiger partial charge in [-0.2, -0.15) is 0 Å². The Labute approximate surface area is 138 Å². The van der Waals surface area contributed by atoms with Crippen LogP contribution in [0.15, 0.2) is 29.6 Å². The molecule has 0 unspecified atom stereocenters. The van der Waals surface area contributed by atoms with E-state index in [0.29, 0.717) is 0 Å². The van der Waals surface area contributed by atoms with E-state index >= 15 is 0 Å². The molecule has 0 spiro atoms. The number of nitrogens with zero attached hydrogens (tertiary/aromatic N) is 1. The van der Waals surface area contributed by atoms with Crippen LogP contribution in [-0.2, 0) is 20.8 Å². The van der Waals surface area contributed by atoms with Crippen LogP contribution in [0.5, 0.6) is 0 Å². The number of hydrogen-bond acceptors (Lipinski definition) is 4. The Morgan fingerprint density at radius 2 is 1.96 bits per heavy atom. The molecule has 1 saturated heterocycles. The van der Waals surface area contributed by atoms with Crippen molar-refractivity contribution < 1.29 is 14.4 Å². The van der Waals surface area contributed by atoms with E-state index in [1.165, 1.54) is 15.6 Å². The Hall–Kier alpha value is -2.21. The molecule has 3 rings (SSSR count). The van der Waals surface area contributed by atoms with Crippen LogP contribution in [0, 0.1) is 0 Å². The van der Waals surface area contributed by atoms with Crippen LogP contribution in [0.2, 0.25) is 0 Å². The predicted octanol–water partition coefficient (Wildman–Crippen LogP) is 2.10. The predicted molar refractivity (Wildman–Crippen MR) is 89.1 cm³/mol. The summed E-state index contributed by atoms with van der Waals surface area (Å²) in [5, 5.41) is 6.19. The monoisotopic (exact) mass is 330 g/mol. The van der Waals surface area contributed by atoms with Crippen LogP contribution in [0.1, 0.15) is 25.3 Å². The summed E-state index contributed by atoms with van der Waals surface area (Å²) < 4.78 is 1.23. The van der Waals surface area contributed by atoms with Gasteiger partial charge in [-0.1, -0.05) is 18.2 Å². The number of nitrogens with one attached hydrogen (secondary N) is 1. The van der Waals surface area contributed by atoms with Crippen molar-refractivity contribution in [3.05, 3.63) is 35.2 Å². The molecule has 2 aromatic rings. The van der Waals surface area contributed by atoms with E-state index in [1.807, 2.05) is 19.1 Å². The van der Waals surface area contributed by atoms with Gasteiger partial charge in [0, 0.05) is 23.6 Å². The summed E-state index contributed by atoms with van der Waals surface area (Å²) in [7, 11) is 0. The van der Waals surface area contributed by atoms with Gasteiger partial charge in [-0.25, -0.2) is 0 Å². The van der Waals surface area contributed by atoms with Crippen LogP contribution >= 0.6 is 11.3 Å². The largest absolute Gasteiger partial charge is 0.352 e. The molecule has 23 heavy (non-hydrogen) atoms. The van der Waals surface area contributed by atoms with Crippen LogP contribution in [0.3, 0.4) is 0 Å². The number of carbonyl (C=O) groups is 3. The third-order valence-electron chi connectivity index (χ3n) is 3.95. The van der Waals surface area contributed by atoms with E-state index in [9.17, 15) is 14.4 Å². The molecule has 5 nitrogen and oxygen atoms in total. The van der Waals surface area contributed by atoms with E-state index in [1.54, 1.807) is 11.3 Å². The van der Waals surface area contributed by atoms with Gasteiger partial charge in [0.25, 0.3) is 0 Å². The highest BCUT2D eigenvalue weighted by Crippen LogP contribution is 2.26. The topological polar surface area (TPSA) is 66.5 Å². The number of thiophene rings is 1. The average molecular weight is 330 g/mol. The number of imide groups is 1. The van der Waals surface area contributed by atoms with Crippen LogP contribution in [0.25, 0.3) is 10.1 Å². The number of benzene rings is 1. The minimum absolute atomic E-state index is 0.0617. The first kappa shape index (κ1) is 15.7. The molecule has 2 heterocycles. The van der Waals surface area contributed by atoms with Gasteiger partial charge in [0.15, 0.2) is 0 Å². The second-order valence-electron chi connectivity index (χ2n) is 5.80. The molecule has 1 aliphatic heterocycles. The maximum atomic E-state index is 12.0. The summed E-state index contributed by atoms with van der Waals surface area (Å²) in [5.41, 5.74) is 1.20. The highest BCUT2D eigenvalue weighted by atomic mass is 32.1. The van der Waals surface area contributed by atoms with E-state index < -0.39 is 0 Å². The molecule has 6 heteroatoms. The lowest BCUT2D eigenvalue weighted by molar-refractivity contribution is -0.142. The quantitative estimate of drug-likeness (QED) is 0.854. The Morgan fingerprint density at radius 3 is 2.70 bits per heavy atom. The fraction of sp³-hybridized carbons (Fsp3) is 0.353. The van der Waals surface area contributed by atoms with Crippen molar-refractivity contribution in [1.29, 1.82) is 0 Å². The lowest BCUT2D eigenvalue weighted by Crippen LogP contribution is -2.43. The molecule has 1 aromatic heterocycles. The maximum absolute atomic E-state index is 12.0. The molecule has 1 fully saturated rings. The minimum atomic E-state index is -0.291. The first-order valence-electron chi connectivity index (χ1n) is 7.62. The third-order valence-corrected chi connectivity index (χ3v) is 4.96. The highest BCUT2D eigenvalue weighted by Gasteiger charge is 2.30. The number of amides is 3. The number of carbonyl (C=O) groups excluding carboxylic acids is 3. The molecule has 1 aromatic carbocycles. The average Bonchev–Trinajstić information content (AvgIpc) is 3.06. The first-order chi connectivity index (χ1) is 11.0. The SMILES string of the molecule is C[C@H](Cc1csc2ccccc12)NC(=O)CN1C(=O)CCC1=O. The number of hydrogen-bond donors (Lipinski definition) is 1. The highest BCUT2D eigenvalue weighted by molar-refractivity contribution is 7.17. The zero-order valence-corrected chi connectivity index (χ0v) is 13.7. The van der Waals surface area contributed by atoms with Crippen LogP contribution in [0.4, 0.5) is 0 Å². The Balaban J connectivity index is 1.58. The van der Waals surface area contributed by atoms with Gasteiger partial charge in [-0.3, -0.25) is 19.3 Å². The van der Waals surface area contributed by atoms with Crippen LogP contribution in [-0.4, -0.2) is 35.2 Å². The van der Waals surface area contributed by atoms with Crippen molar-refractivity contribution in [3.63, 3.8) is 0 Å². The van der Waals surface area contributed by atoms with Crippen molar-refractivity contribution in [3.8, 4) is 0 Å². The van der Waals surface area contributed by atoms with Crippen molar-refractivity contribution in [2.45, 2.75) is 32.2 Å². The van der Waals surface area contributed by atoms with Gasteiger partial charge in [-0.15, -0.1) is 11.3 Å². The molecular weight excluding hydrogens is 312 g/mol. The van der Waals surface area contributed by atoms with Crippen molar-refractivity contribution >= 4 is 39.1 Å². The van der Waals surface area contributed by atoms with Gasteiger partial charge >= 0.3 is 0 Å². The number of likely N-dealkylation sites (tertiary alicyclic amines) is 1. The van der Waals surface area contributed by atoms with Gasteiger partial charge in [-0.05, 0) is 35.7 Å². The molecule has 0 bridgehead atoms. The molecule has 1 N–H and O–H groups in total. The Bertz CT molecular complexity index is 752. The molecule has 1 atom stereocenters. The standard InChI is InChI=1S/C17H18N2O3S/c1-11(8-12-10-23-14-5-3-2-4-13(12)14)18-15(20)9-19-16(21)6-7-17(19)22/h2-5,10-11H,6-9H2,1H3,(H,18,20)/t11-/m1/s1. The lowest BCUT2D eigenvalue weighted by atomic mass is 10.1. The summed E-state index contributed by atoms with van der Waals surface area (Å²) in [4.78, 5) is 36.2. The van der Waals surface area contributed by atoms with E-state index in [4.69, 9.17) is 0 Å². The normalized spacial score (nSPS) is 16.1. The summed E-state index contributed by atoms with van der Waals surface area (Å²) >= 11 is 1.69. The Kier molecular flexibility index (Phi) is 4.43. The van der Waals surface area contributed by atoms with Gasteiger partial charge in [0.05, 0.1) is 0 Å². The van der Waals surface area contributed by atoms with Crippen molar-refractivity contribution in [1.82, 2.24) is 10.2 Å². The first-order valence-corrected chi connectivity index (χ1v) is 8.50. The van der Waals surface area contributed by atoms with E-state index in [-0.39, 0.29) is 43.1 Å². The lowest BCUT2D eigenvalue weighted by Gasteiger charge is -2.17. The Morgan fingerprint density at radius 1 is 1.26 bits per heavy atom. The summed E-state index contributed by atoms with van der Waals surface area (Å²) in [6, 6.07) is 8.12. The summed E-state index contributed by atoms with van der Waals surface area (Å²) in [6.07, 6.45) is 1.14.